The molecule has 4 aliphatic rings. The molecule has 0 radical (unpaired) electrons. The first-order valence-electron chi connectivity index (χ1n) is 28.5. The van der Waals surface area contributed by atoms with Crippen molar-refractivity contribution in [2.45, 2.75) is 170 Å². The van der Waals surface area contributed by atoms with Crippen LogP contribution in [0.25, 0.3) is 20.9 Å². The number of benzene rings is 2. The first-order valence-corrected chi connectivity index (χ1v) is 36.7. The summed E-state index contributed by atoms with van der Waals surface area (Å²) in [7, 11) is -8.52. The molecule has 5 N–H and O–H groups in total. The van der Waals surface area contributed by atoms with Crippen LogP contribution in [0.15, 0.2) is 83.4 Å². The van der Waals surface area contributed by atoms with E-state index in [1.165, 1.54) is 8.61 Å². The Bertz CT molecular complexity index is 3320. The zero-order valence-electron chi connectivity index (χ0n) is 47.9. The van der Waals surface area contributed by atoms with E-state index in [9.17, 15) is 26.4 Å². The topological polar surface area (TPSA) is 257 Å². The van der Waals surface area contributed by atoms with Crippen molar-refractivity contribution in [3.05, 3.63) is 83.6 Å². The van der Waals surface area contributed by atoms with E-state index in [0.717, 1.165) is 90.0 Å². The molecule has 0 unspecified atom stereocenters. The third-order valence-corrected chi connectivity index (χ3v) is 22.8. The summed E-state index contributed by atoms with van der Waals surface area (Å²) < 4.78 is 75.8. The van der Waals surface area contributed by atoms with Gasteiger partial charge in [0.2, 0.25) is 31.9 Å². The van der Waals surface area contributed by atoms with Crippen molar-refractivity contribution >= 4 is 86.3 Å². The molecule has 6 heterocycles. The summed E-state index contributed by atoms with van der Waals surface area (Å²) in [6.07, 6.45) is 18.2. The average Bonchev–Trinajstić information content (AvgIpc) is 3.64. The van der Waals surface area contributed by atoms with Gasteiger partial charge in [0, 0.05) is 124 Å². The van der Waals surface area contributed by atoms with Crippen LogP contribution in [-0.4, -0.2) is 132 Å². The van der Waals surface area contributed by atoms with Crippen molar-refractivity contribution in [2.24, 2.45) is 0 Å². The quantitative estimate of drug-likeness (QED) is 0.0332. The summed E-state index contributed by atoms with van der Waals surface area (Å²) in [6.45, 7) is 17.5. The second-order valence-electron chi connectivity index (χ2n) is 23.1. The number of hydrogen-bond acceptors (Lipinski definition) is 17. The lowest BCUT2D eigenvalue weighted by Gasteiger charge is -2.30. The second kappa shape index (κ2) is 26.9. The van der Waals surface area contributed by atoms with Crippen LogP contribution in [0.5, 0.6) is 0 Å². The molecule has 2 saturated heterocycles. The largest absolute Gasteiger partial charge is 0.447 e. The van der Waals surface area contributed by atoms with Gasteiger partial charge in [0.15, 0.2) is 0 Å². The minimum Gasteiger partial charge on any atom is -0.447 e. The van der Waals surface area contributed by atoms with Crippen molar-refractivity contribution in [3.8, 4) is 20.9 Å². The van der Waals surface area contributed by atoms with Gasteiger partial charge in [-0.25, -0.2) is 46.4 Å². The zero-order valence-corrected chi connectivity index (χ0v) is 52.1. The molecule has 10 rings (SSSR count). The van der Waals surface area contributed by atoms with Crippen LogP contribution in [-0.2, 0) is 41.0 Å². The molecule has 82 heavy (non-hydrogen) atoms. The molecule has 2 aliphatic heterocycles. The van der Waals surface area contributed by atoms with Gasteiger partial charge < -0.3 is 40.5 Å². The van der Waals surface area contributed by atoms with Gasteiger partial charge in [-0.05, 0) is 122 Å². The highest BCUT2D eigenvalue weighted by atomic mass is 32.2. The van der Waals surface area contributed by atoms with Gasteiger partial charge in [0.1, 0.15) is 6.73 Å². The van der Waals surface area contributed by atoms with Crippen LogP contribution in [0.4, 0.5) is 32.9 Å². The summed E-state index contributed by atoms with van der Waals surface area (Å²) in [5.74, 6) is 1.69. The Hall–Kier alpha value is -5.74. The van der Waals surface area contributed by atoms with Gasteiger partial charge in [-0.15, -0.1) is 22.7 Å². The number of aromatic amines is 1. The SMILES string of the molecule is CC(C)OC(=O)NC1CCC(c2ncc(-c3ccc(Nc4ncc[nH]4)cc3S(=O)(=O)N3CCC3)s2)CC1.CC(C)OC(=O)NC1CCC(c2ncc(-c3ccc(Nc4nccn4COCC[Si](C)(C)C)cc3S(=O)(=O)N3CCC3)s2)CC1. The first-order chi connectivity index (χ1) is 39.2. The number of thiazole rings is 2. The molecule has 4 aromatic heterocycles. The summed E-state index contributed by atoms with van der Waals surface area (Å²) >= 11 is 3.10. The van der Waals surface area contributed by atoms with Gasteiger partial charge in [-0.3, -0.25) is 4.57 Å². The van der Waals surface area contributed by atoms with Crippen molar-refractivity contribution in [1.29, 1.82) is 0 Å². The van der Waals surface area contributed by atoms with Gasteiger partial charge in [-0.1, -0.05) is 31.8 Å². The number of rotatable bonds is 21. The van der Waals surface area contributed by atoms with E-state index in [1.807, 2.05) is 62.7 Å². The minimum atomic E-state index is -3.70. The average molecular weight is 1220 g/mol. The number of aromatic nitrogens is 6. The number of amides is 2. The predicted molar refractivity (Wildman–Crippen MR) is 323 cm³/mol. The number of imidazole rings is 2. The van der Waals surface area contributed by atoms with Crippen LogP contribution in [0.1, 0.15) is 114 Å². The molecule has 444 valence electrons. The molecule has 0 bridgehead atoms. The van der Waals surface area contributed by atoms with Crippen molar-refractivity contribution < 1.29 is 40.6 Å². The number of H-pyrrole nitrogens is 1. The van der Waals surface area contributed by atoms with E-state index < -0.39 is 28.1 Å². The number of carbonyl (C=O) groups is 2. The van der Waals surface area contributed by atoms with Crippen molar-refractivity contribution in [3.63, 3.8) is 0 Å². The normalized spacial score (nSPS) is 19.8. The molecule has 0 atom stereocenters. The fourth-order valence-electron chi connectivity index (χ4n) is 10.0. The highest BCUT2D eigenvalue weighted by Crippen LogP contribution is 2.43. The molecule has 0 spiro atoms. The molecule has 2 aliphatic carbocycles. The second-order valence-corrected chi connectivity index (χ2v) is 34.7. The van der Waals surface area contributed by atoms with Gasteiger partial charge >= 0.3 is 12.2 Å². The van der Waals surface area contributed by atoms with E-state index in [0.29, 0.717) is 73.9 Å². The summed E-state index contributed by atoms with van der Waals surface area (Å²) in [5.41, 5.74) is 2.59. The van der Waals surface area contributed by atoms with E-state index in [4.69, 9.17) is 24.2 Å². The van der Waals surface area contributed by atoms with Crippen molar-refractivity contribution in [2.75, 3.05) is 43.4 Å². The smallest absolute Gasteiger partial charge is 0.407 e. The van der Waals surface area contributed by atoms with Crippen LogP contribution in [0.3, 0.4) is 0 Å². The summed E-state index contributed by atoms with van der Waals surface area (Å²) in [6, 6.07) is 12.1. The maximum atomic E-state index is 13.8. The van der Waals surface area contributed by atoms with E-state index in [-0.39, 0.29) is 58.1 Å². The van der Waals surface area contributed by atoms with Gasteiger partial charge in [-0.2, -0.15) is 8.61 Å². The molecular formula is C56H78N12O9S4Si. The lowest BCUT2D eigenvalue weighted by Crippen LogP contribution is -2.42. The molecule has 26 heteroatoms. The number of ether oxygens (including phenoxy) is 3. The highest BCUT2D eigenvalue weighted by molar-refractivity contribution is 7.89. The molecule has 2 amide bonds. The Kier molecular flexibility index (Phi) is 19.9. The number of nitrogens with one attached hydrogen (secondary N) is 5. The van der Waals surface area contributed by atoms with Gasteiger partial charge in [0.05, 0.1) is 41.8 Å². The lowest BCUT2D eigenvalue weighted by molar-refractivity contribution is 0.0886. The molecule has 2 aromatic carbocycles. The summed E-state index contributed by atoms with van der Waals surface area (Å²) in [5, 5.41) is 14.4. The third kappa shape index (κ3) is 15.7. The number of anilines is 4. The van der Waals surface area contributed by atoms with Crippen LogP contribution in [0.2, 0.25) is 25.7 Å². The lowest BCUT2D eigenvalue weighted by atomic mass is 9.86. The number of alkyl carbamates (subject to hydrolysis) is 2. The maximum Gasteiger partial charge on any atom is 0.407 e. The number of sulfonamides is 2. The molecule has 21 nitrogen and oxygen atoms in total. The Morgan fingerprint density at radius 2 is 1.16 bits per heavy atom. The van der Waals surface area contributed by atoms with Crippen molar-refractivity contribution in [1.82, 2.24) is 48.7 Å². The maximum absolute atomic E-state index is 13.8. The molecule has 6 aromatic rings. The summed E-state index contributed by atoms with van der Waals surface area (Å²) in [4.78, 5) is 47.2. The van der Waals surface area contributed by atoms with Crippen LogP contribution in [0, 0.1) is 0 Å². The standard InChI is InChI=1S/C31H46N6O5S2Si.C25H32N6O4S2/c1-22(2)42-31(38)35-24-9-7-23(8-10-24)29-33-20-27(43-29)26-12-11-25(19-28(26)44(39,40)37-14-6-15-37)34-30-32-13-16-36(30)21-41-17-18-45(3,4)5;1-16(2)35-25(32)30-18-6-4-17(5-7-18)23-28-15-21(36-23)20-9-8-19(29-24-26-10-11-27-24)14-22(20)37(33,34)31-12-3-13-31/h11-13,16,19-20,22-24H,6-10,14-15,17-18,21H2,1-5H3,(H,32,34)(H,35,38);8-11,14-18H,3-7,12-13H2,1-2H3,(H,30,32)(H2,26,27,29). The van der Waals surface area contributed by atoms with Gasteiger partial charge in [0.25, 0.3) is 0 Å². The Morgan fingerprint density at radius 3 is 1.59 bits per heavy atom. The number of nitrogens with zero attached hydrogens (tertiary/aromatic N) is 7. The molecule has 2 saturated carbocycles. The van der Waals surface area contributed by atoms with E-state index in [2.05, 4.69) is 55.9 Å². The highest BCUT2D eigenvalue weighted by Gasteiger charge is 2.35. The number of carbonyl (C=O) groups excluding carboxylic acids is 2. The van der Waals surface area contributed by atoms with E-state index in [1.54, 1.807) is 65.8 Å². The fourth-order valence-corrected chi connectivity index (χ4v) is 16.7. The van der Waals surface area contributed by atoms with Crippen LogP contribution < -0.4 is 21.3 Å². The molecule has 4 fully saturated rings. The monoisotopic (exact) mass is 1220 g/mol. The number of hydrogen-bond donors (Lipinski definition) is 5. The van der Waals surface area contributed by atoms with E-state index >= 15 is 0 Å². The predicted octanol–water partition coefficient (Wildman–Crippen LogP) is 11.4. The third-order valence-electron chi connectivity index (χ3n) is 14.8. The first kappa shape index (κ1) is 60.8. The Balaban J connectivity index is 0.000000201. The Morgan fingerprint density at radius 1 is 0.671 bits per heavy atom. The van der Waals surface area contributed by atoms with Crippen LogP contribution >= 0.6 is 22.7 Å². The Labute approximate surface area is 490 Å². The molecular weight excluding hydrogens is 1140 g/mol. The zero-order chi connectivity index (χ0) is 58.2. The minimum absolute atomic E-state index is 0.0903. The fraction of sp³-hybridized carbons (Fsp3) is 0.536.